The van der Waals surface area contributed by atoms with Gasteiger partial charge in [-0.25, -0.2) is 8.42 Å². The molecule has 9 heteroatoms. The standard InChI is InChI=1S/C16H20N4O4S/c1-13(21)18-7-6-16(22)19-8-10-20(11-9-19)25(23,24)15-5-3-2-4-14(15)12-17/h2-5H,6-11H2,1H3,(H,18,21). The van der Waals surface area contributed by atoms with Gasteiger partial charge in [0, 0.05) is 46.1 Å². The Balaban J connectivity index is 1.98. The largest absolute Gasteiger partial charge is 0.356 e. The number of hydrogen-bond acceptors (Lipinski definition) is 5. The molecule has 0 aliphatic carbocycles. The van der Waals surface area contributed by atoms with Crippen LogP contribution in [0.1, 0.15) is 18.9 Å². The maximum Gasteiger partial charge on any atom is 0.244 e. The Kier molecular flexibility index (Phi) is 6.12. The fourth-order valence-electron chi connectivity index (χ4n) is 2.60. The van der Waals surface area contributed by atoms with E-state index in [1.807, 2.05) is 6.07 Å². The Bertz CT molecular complexity index is 793. The van der Waals surface area contributed by atoms with Gasteiger partial charge in [-0.1, -0.05) is 12.1 Å². The zero-order valence-electron chi connectivity index (χ0n) is 13.9. The molecule has 0 saturated carbocycles. The van der Waals surface area contributed by atoms with E-state index >= 15 is 0 Å². The first-order chi connectivity index (χ1) is 11.9. The SMILES string of the molecule is CC(=O)NCCC(=O)N1CCN(S(=O)(=O)c2ccccc2C#N)CC1. The quantitative estimate of drug-likeness (QED) is 0.785. The first kappa shape index (κ1) is 18.9. The smallest absolute Gasteiger partial charge is 0.244 e. The molecule has 1 N–H and O–H groups in total. The van der Waals surface area contributed by atoms with Crippen LogP contribution in [0.15, 0.2) is 29.2 Å². The Hall–Kier alpha value is -2.44. The molecule has 1 aliphatic rings. The van der Waals surface area contributed by atoms with Crippen LogP contribution in [0.25, 0.3) is 0 Å². The van der Waals surface area contributed by atoms with Gasteiger partial charge in [-0.15, -0.1) is 0 Å². The maximum absolute atomic E-state index is 12.7. The van der Waals surface area contributed by atoms with Gasteiger partial charge in [0.25, 0.3) is 0 Å². The van der Waals surface area contributed by atoms with Gasteiger partial charge in [-0.2, -0.15) is 9.57 Å². The zero-order valence-corrected chi connectivity index (χ0v) is 14.8. The van der Waals surface area contributed by atoms with Crippen molar-refractivity contribution in [3.63, 3.8) is 0 Å². The lowest BCUT2D eigenvalue weighted by atomic mass is 10.2. The number of carbonyl (C=O) groups is 2. The van der Waals surface area contributed by atoms with Crippen molar-refractivity contribution in [2.75, 3.05) is 32.7 Å². The molecule has 0 bridgehead atoms. The molecule has 2 rings (SSSR count). The lowest BCUT2D eigenvalue weighted by molar-refractivity contribution is -0.132. The number of nitrogens with one attached hydrogen (secondary N) is 1. The summed E-state index contributed by atoms with van der Waals surface area (Å²) in [7, 11) is -3.77. The van der Waals surface area contributed by atoms with Crippen LogP contribution in [0.4, 0.5) is 0 Å². The number of sulfonamides is 1. The van der Waals surface area contributed by atoms with E-state index in [4.69, 9.17) is 5.26 Å². The minimum atomic E-state index is -3.77. The van der Waals surface area contributed by atoms with Gasteiger partial charge in [-0.3, -0.25) is 9.59 Å². The van der Waals surface area contributed by atoms with Crippen LogP contribution in [0.3, 0.4) is 0 Å². The van der Waals surface area contributed by atoms with Crippen molar-refractivity contribution in [3.8, 4) is 6.07 Å². The molecule has 8 nitrogen and oxygen atoms in total. The molecular formula is C16H20N4O4S. The average Bonchev–Trinajstić information content (AvgIpc) is 2.61. The summed E-state index contributed by atoms with van der Waals surface area (Å²) in [4.78, 5) is 24.5. The highest BCUT2D eigenvalue weighted by Crippen LogP contribution is 2.21. The van der Waals surface area contributed by atoms with Crippen LogP contribution < -0.4 is 5.32 Å². The summed E-state index contributed by atoms with van der Waals surface area (Å²) in [6, 6.07) is 7.97. The zero-order chi connectivity index (χ0) is 18.4. The number of rotatable bonds is 5. The van der Waals surface area contributed by atoms with Crippen LogP contribution in [0.5, 0.6) is 0 Å². The lowest BCUT2D eigenvalue weighted by Gasteiger charge is -2.34. The topological polar surface area (TPSA) is 111 Å². The van der Waals surface area contributed by atoms with Crippen LogP contribution in [-0.4, -0.2) is 62.2 Å². The highest BCUT2D eigenvalue weighted by molar-refractivity contribution is 7.89. The van der Waals surface area contributed by atoms with Gasteiger partial charge in [0.15, 0.2) is 0 Å². The molecule has 25 heavy (non-hydrogen) atoms. The van der Waals surface area contributed by atoms with Crippen molar-refractivity contribution in [1.29, 1.82) is 5.26 Å². The van der Waals surface area contributed by atoms with Gasteiger partial charge in [0.2, 0.25) is 21.8 Å². The molecule has 1 aromatic rings. The van der Waals surface area contributed by atoms with Crippen LogP contribution in [-0.2, 0) is 19.6 Å². The molecular weight excluding hydrogens is 344 g/mol. The van der Waals surface area contributed by atoms with Crippen molar-refractivity contribution >= 4 is 21.8 Å². The Morgan fingerprint density at radius 2 is 1.84 bits per heavy atom. The average molecular weight is 364 g/mol. The van der Waals surface area contributed by atoms with Crippen molar-refractivity contribution < 1.29 is 18.0 Å². The van der Waals surface area contributed by atoms with E-state index in [9.17, 15) is 18.0 Å². The number of benzene rings is 1. The Labute approximate surface area is 147 Å². The number of piperazine rings is 1. The first-order valence-corrected chi connectivity index (χ1v) is 9.31. The second-order valence-electron chi connectivity index (χ2n) is 5.63. The van der Waals surface area contributed by atoms with Gasteiger partial charge in [0.1, 0.15) is 6.07 Å². The molecule has 1 heterocycles. The molecule has 1 saturated heterocycles. The van der Waals surface area contributed by atoms with Gasteiger partial charge in [0.05, 0.1) is 10.5 Å². The molecule has 0 spiro atoms. The third kappa shape index (κ3) is 4.55. The molecule has 134 valence electrons. The van der Waals surface area contributed by atoms with Gasteiger partial charge in [-0.05, 0) is 12.1 Å². The van der Waals surface area contributed by atoms with E-state index < -0.39 is 10.0 Å². The monoisotopic (exact) mass is 364 g/mol. The van der Waals surface area contributed by atoms with Crippen molar-refractivity contribution in [3.05, 3.63) is 29.8 Å². The van der Waals surface area contributed by atoms with E-state index in [2.05, 4.69) is 5.32 Å². The number of amides is 2. The second-order valence-corrected chi connectivity index (χ2v) is 7.53. The van der Waals surface area contributed by atoms with Gasteiger partial charge >= 0.3 is 0 Å². The molecule has 0 aromatic heterocycles. The van der Waals surface area contributed by atoms with Crippen LogP contribution in [0.2, 0.25) is 0 Å². The fraction of sp³-hybridized carbons (Fsp3) is 0.438. The van der Waals surface area contributed by atoms with Crippen molar-refractivity contribution in [1.82, 2.24) is 14.5 Å². The van der Waals surface area contributed by atoms with E-state index in [0.29, 0.717) is 0 Å². The molecule has 1 fully saturated rings. The fourth-order valence-corrected chi connectivity index (χ4v) is 4.17. The number of nitriles is 1. The number of hydrogen-bond donors (Lipinski definition) is 1. The third-order valence-corrected chi connectivity index (χ3v) is 5.89. The molecule has 1 aromatic carbocycles. The summed E-state index contributed by atoms with van der Waals surface area (Å²) in [5.74, 6) is -0.317. The maximum atomic E-state index is 12.7. The van der Waals surface area contributed by atoms with Crippen LogP contribution >= 0.6 is 0 Å². The molecule has 0 radical (unpaired) electrons. The van der Waals surface area contributed by atoms with E-state index in [-0.39, 0.29) is 61.4 Å². The minimum absolute atomic E-state index is 0.0112. The van der Waals surface area contributed by atoms with Gasteiger partial charge < -0.3 is 10.2 Å². The summed E-state index contributed by atoms with van der Waals surface area (Å²) in [6.45, 7) is 2.57. The predicted molar refractivity (Wildman–Crippen MR) is 89.8 cm³/mol. The summed E-state index contributed by atoms with van der Waals surface area (Å²) >= 11 is 0. The number of nitrogens with zero attached hydrogens (tertiary/aromatic N) is 3. The molecule has 0 atom stereocenters. The molecule has 2 amide bonds. The molecule has 0 unspecified atom stereocenters. The van der Waals surface area contributed by atoms with Crippen molar-refractivity contribution in [2.24, 2.45) is 0 Å². The Morgan fingerprint density at radius 3 is 2.44 bits per heavy atom. The predicted octanol–water partition coefficient (Wildman–Crippen LogP) is -0.0826. The summed E-state index contributed by atoms with van der Waals surface area (Å²) in [5, 5.41) is 11.7. The second kappa shape index (κ2) is 8.09. The normalized spacial score (nSPS) is 15.4. The third-order valence-electron chi connectivity index (χ3n) is 3.93. The van der Waals surface area contributed by atoms with Crippen LogP contribution in [0, 0.1) is 11.3 Å². The minimum Gasteiger partial charge on any atom is -0.356 e. The molecule has 1 aliphatic heterocycles. The summed E-state index contributed by atoms with van der Waals surface area (Å²) in [5.41, 5.74) is 0.108. The lowest BCUT2D eigenvalue weighted by Crippen LogP contribution is -2.51. The number of carbonyl (C=O) groups excluding carboxylic acids is 2. The summed E-state index contributed by atoms with van der Waals surface area (Å²) < 4.78 is 26.7. The first-order valence-electron chi connectivity index (χ1n) is 7.87. The van der Waals surface area contributed by atoms with E-state index in [1.54, 1.807) is 17.0 Å². The van der Waals surface area contributed by atoms with Crippen molar-refractivity contribution in [2.45, 2.75) is 18.2 Å². The highest BCUT2D eigenvalue weighted by atomic mass is 32.2. The highest BCUT2D eigenvalue weighted by Gasteiger charge is 2.31. The van der Waals surface area contributed by atoms with E-state index in [1.165, 1.54) is 23.4 Å². The van der Waals surface area contributed by atoms with E-state index in [0.717, 1.165) is 0 Å². The Morgan fingerprint density at radius 1 is 1.20 bits per heavy atom. The summed E-state index contributed by atoms with van der Waals surface area (Å²) in [6.07, 6.45) is 0.184.